The monoisotopic (exact) mass is 378 g/mol. The van der Waals surface area contributed by atoms with Crippen LogP contribution in [0.5, 0.6) is 0 Å². The van der Waals surface area contributed by atoms with Crippen LogP contribution in [0.1, 0.15) is 18.1 Å². The summed E-state index contributed by atoms with van der Waals surface area (Å²) in [5.74, 6) is 1.76. The molecule has 1 aromatic carbocycles. The highest BCUT2D eigenvalue weighted by molar-refractivity contribution is 5.86. The predicted molar refractivity (Wildman–Crippen MR) is 111 cm³/mol. The molecule has 8 heteroatoms. The van der Waals surface area contributed by atoms with E-state index in [1.807, 2.05) is 7.05 Å². The Morgan fingerprint density at radius 2 is 2.07 bits per heavy atom. The van der Waals surface area contributed by atoms with Crippen molar-refractivity contribution >= 4 is 22.8 Å². The third-order valence-corrected chi connectivity index (χ3v) is 4.96. The van der Waals surface area contributed by atoms with Crippen LogP contribution in [-0.4, -0.2) is 56.8 Å². The van der Waals surface area contributed by atoms with Crippen LogP contribution in [0.25, 0.3) is 11.0 Å². The summed E-state index contributed by atoms with van der Waals surface area (Å²) in [6.07, 6.45) is 4.40. The highest BCUT2D eigenvalue weighted by Gasteiger charge is 2.18. The Morgan fingerprint density at radius 3 is 2.93 bits per heavy atom. The van der Waals surface area contributed by atoms with Crippen molar-refractivity contribution in [2.24, 2.45) is 12.0 Å². The fourth-order valence-electron chi connectivity index (χ4n) is 3.54. The van der Waals surface area contributed by atoms with E-state index in [9.17, 15) is 0 Å². The van der Waals surface area contributed by atoms with Gasteiger partial charge in [0.15, 0.2) is 11.6 Å². The number of rotatable bonds is 5. The largest absolute Gasteiger partial charge is 0.367 e. The Balaban J connectivity index is 1.40. The standard InChI is InChI=1S/C20H26N8/c1-3-21-20(28-11-8-15-6-4-5-7-16(15)13-28)23-10-9-22-18-17-12-26-27(2)19(17)25-14-24-18/h4-7,12,14H,3,8-11,13H2,1-2H3,(H,21,23)(H,22,24,25). The molecule has 0 radical (unpaired) electrons. The molecule has 0 aliphatic carbocycles. The maximum absolute atomic E-state index is 4.82. The van der Waals surface area contributed by atoms with E-state index in [0.29, 0.717) is 13.1 Å². The molecule has 0 atom stereocenters. The first-order valence-corrected chi connectivity index (χ1v) is 9.73. The number of nitrogens with zero attached hydrogens (tertiary/aromatic N) is 6. The second-order valence-corrected chi connectivity index (χ2v) is 6.83. The number of hydrogen-bond acceptors (Lipinski definition) is 5. The lowest BCUT2D eigenvalue weighted by Gasteiger charge is -2.31. The van der Waals surface area contributed by atoms with Crippen molar-refractivity contribution in [2.75, 3.05) is 31.5 Å². The number of hydrogen-bond donors (Lipinski definition) is 2. The van der Waals surface area contributed by atoms with Gasteiger partial charge in [-0.05, 0) is 24.5 Å². The molecule has 28 heavy (non-hydrogen) atoms. The zero-order chi connectivity index (χ0) is 19.3. The minimum absolute atomic E-state index is 0.659. The molecule has 8 nitrogen and oxygen atoms in total. The number of aromatic nitrogens is 4. The van der Waals surface area contributed by atoms with Crippen molar-refractivity contribution in [3.05, 3.63) is 47.9 Å². The van der Waals surface area contributed by atoms with E-state index in [1.54, 1.807) is 17.2 Å². The van der Waals surface area contributed by atoms with E-state index in [2.05, 4.69) is 61.8 Å². The maximum atomic E-state index is 4.82. The van der Waals surface area contributed by atoms with E-state index >= 15 is 0 Å². The van der Waals surface area contributed by atoms with Gasteiger partial charge in [-0.15, -0.1) is 0 Å². The first-order valence-electron chi connectivity index (χ1n) is 9.73. The van der Waals surface area contributed by atoms with Crippen LogP contribution in [0, 0.1) is 0 Å². The number of benzene rings is 1. The lowest BCUT2D eigenvalue weighted by atomic mass is 10.0. The quantitative estimate of drug-likeness (QED) is 0.400. The average molecular weight is 378 g/mol. The van der Waals surface area contributed by atoms with Crippen molar-refractivity contribution in [3.8, 4) is 0 Å². The summed E-state index contributed by atoms with van der Waals surface area (Å²) in [7, 11) is 1.88. The van der Waals surface area contributed by atoms with E-state index in [1.165, 1.54) is 11.1 Å². The smallest absolute Gasteiger partial charge is 0.194 e. The molecule has 0 saturated carbocycles. The third kappa shape index (κ3) is 3.76. The van der Waals surface area contributed by atoms with Gasteiger partial charge in [0.1, 0.15) is 12.1 Å². The molecule has 2 N–H and O–H groups in total. The van der Waals surface area contributed by atoms with E-state index in [0.717, 1.165) is 48.9 Å². The van der Waals surface area contributed by atoms with Crippen LogP contribution in [0.2, 0.25) is 0 Å². The second kappa shape index (κ2) is 8.24. The molecule has 0 unspecified atom stereocenters. The van der Waals surface area contributed by atoms with E-state index in [4.69, 9.17) is 4.99 Å². The summed E-state index contributed by atoms with van der Waals surface area (Å²) < 4.78 is 1.75. The second-order valence-electron chi connectivity index (χ2n) is 6.83. The summed E-state index contributed by atoms with van der Waals surface area (Å²) in [6.45, 7) is 6.20. The number of aliphatic imine (C=N–C) groups is 1. The summed E-state index contributed by atoms with van der Waals surface area (Å²) in [6, 6.07) is 8.66. The molecular weight excluding hydrogens is 352 g/mol. The van der Waals surface area contributed by atoms with Crippen molar-refractivity contribution < 1.29 is 0 Å². The molecule has 1 aliphatic rings. The zero-order valence-corrected chi connectivity index (χ0v) is 16.4. The topological polar surface area (TPSA) is 83.3 Å². The molecule has 3 aromatic rings. The van der Waals surface area contributed by atoms with Crippen molar-refractivity contribution in [2.45, 2.75) is 19.9 Å². The number of nitrogens with one attached hydrogen (secondary N) is 2. The molecule has 0 amide bonds. The van der Waals surface area contributed by atoms with Gasteiger partial charge in [-0.25, -0.2) is 9.97 Å². The highest BCUT2D eigenvalue weighted by atomic mass is 15.3. The van der Waals surface area contributed by atoms with Gasteiger partial charge in [0.2, 0.25) is 0 Å². The fraction of sp³-hybridized carbons (Fsp3) is 0.400. The third-order valence-electron chi connectivity index (χ3n) is 4.96. The summed E-state index contributed by atoms with van der Waals surface area (Å²) in [5.41, 5.74) is 3.65. The van der Waals surface area contributed by atoms with Gasteiger partial charge < -0.3 is 15.5 Å². The Bertz CT molecular complexity index is 977. The molecule has 1 aliphatic heterocycles. The van der Waals surface area contributed by atoms with Crippen LogP contribution in [-0.2, 0) is 20.0 Å². The molecule has 0 spiro atoms. The molecule has 4 rings (SSSR count). The van der Waals surface area contributed by atoms with Crippen LogP contribution >= 0.6 is 0 Å². The Hall–Kier alpha value is -3.16. The first kappa shape index (κ1) is 18.2. The number of fused-ring (bicyclic) bond motifs is 2. The lowest BCUT2D eigenvalue weighted by molar-refractivity contribution is 0.379. The molecular formula is C20H26N8. The van der Waals surface area contributed by atoms with Crippen LogP contribution in [0.15, 0.2) is 41.8 Å². The highest BCUT2D eigenvalue weighted by Crippen LogP contribution is 2.19. The van der Waals surface area contributed by atoms with Crippen LogP contribution in [0.4, 0.5) is 5.82 Å². The van der Waals surface area contributed by atoms with E-state index in [-0.39, 0.29) is 0 Å². The van der Waals surface area contributed by atoms with Gasteiger partial charge in [0.25, 0.3) is 0 Å². The first-order chi connectivity index (χ1) is 13.8. The van der Waals surface area contributed by atoms with Gasteiger partial charge in [0.05, 0.1) is 18.1 Å². The van der Waals surface area contributed by atoms with Crippen LogP contribution < -0.4 is 10.6 Å². The summed E-state index contributed by atoms with van der Waals surface area (Å²) in [4.78, 5) is 15.7. The molecule has 0 fully saturated rings. The minimum Gasteiger partial charge on any atom is -0.367 e. The Morgan fingerprint density at radius 1 is 1.21 bits per heavy atom. The van der Waals surface area contributed by atoms with Gasteiger partial charge in [-0.2, -0.15) is 5.10 Å². The molecule has 2 aromatic heterocycles. The fourth-order valence-corrected chi connectivity index (χ4v) is 3.54. The molecule has 0 saturated heterocycles. The van der Waals surface area contributed by atoms with Gasteiger partial charge >= 0.3 is 0 Å². The van der Waals surface area contributed by atoms with Crippen molar-refractivity contribution in [1.82, 2.24) is 30.0 Å². The minimum atomic E-state index is 0.659. The number of anilines is 1. The van der Waals surface area contributed by atoms with Gasteiger partial charge in [-0.3, -0.25) is 9.67 Å². The molecule has 3 heterocycles. The van der Waals surface area contributed by atoms with Gasteiger partial charge in [0, 0.05) is 33.2 Å². The average Bonchev–Trinajstić information content (AvgIpc) is 3.11. The zero-order valence-electron chi connectivity index (χ0n) is 16.4. The summed E-state index contributed by atoms with van der Waals surface area (Å²) in [5, 5.41) is 12.0. The van der Waals surface area contributed by atoms with E-state index < -0.39 is 0 Å². The normalized spacial score (nSPS) is 14.2. The Kier molecular flexibility index (Phi) is 5.36. The molecule has 146 valence electrons. The lowest BCUT2D eigenvalue weighted by Crippen LogP contribution is -2.44. The van der Waals surface area contributed by atoms with Crippen molar-refractivity contribution in [3.63, 3.8) is 0 Å². The Labute approximate surface area is 164 Å². The van der Waals surface area contributed by atoms with Gasteiger partial charge in [-0.1, -0.05) is 24.3 Å². The number of aryl methyl sites for hydroxylation is 1. The SMILES string of the molecule is CCNC(=NCCNc1ncnc2c1cnn2C)N1CCc2ccccc2C1. The van der Waals surface area contributed by atoms with Crippen LogP contribution in [0.3, 0.4) is 0 Å². The summed E-state index contributed by atoms with van der Waals surface area (Å²) >= 11 is 0. The predicted octanol–water partition coefficient (Wildman–Crippen LogP) is 1.80. The molecule has 0 bridgehead atoms. The maximum Gasteiger partial charge on any atom is 0.194 e. The number of guanidine groups is 1. The van der Waals surface area contributed by atoms with Crippen molar-refractivity contribution in [1.29, 1.82) is 0 Å².